The molecule has 0 bridgehead atoms. The van der Waals surface area contributed by atoms with E-state index in [-0.39, 0.29) is 12.0 Å². The first-order valence-electron chi connectivity index (χ1n) is 5.19. The van der Waals surface area contributed by atoms with E-state index in [1.165, 1.54) is 19.3 Å². The average Bonchev–Trinajstić information content (AvgIpc) is 2.28. The zero-order valence-corrected chi connectivity index (χ0v) is 8.08. The fourth-order valence-corrected chi connectivity index (χ4v) is 2.24. The van der Waals surface area contributed by atoms with Crippen LogP contribution in [0.15, 0.2) is 0 Å². The van der Waals surface area contributed by atoms with Gasteiger partial charge < -0.3 is 10.1 Å². The molecule has 2 aliphatic rings. The zero-order valence-electron chi connectivity index (χ0n) is 8.08. The maximum atomic E-state index is 11.4. The van der Waals surface area contributed by atoms with Crippen LogP contribution in [0.3, 0.4) is 0 Å². The van der Waals surface area contributed by atoms with Crippen molar-refractivity contribution in [2.24, 2.45) is 5.92 Å². The minimum absolute atomic E-state index is 0.0643. The summed E-state index contributed by atoms with van der Waals surface area (Å²) in [7, 11) is 0. The van der Waals surface area contributed by atoms with Crippen molar-refractivity contribution in [2.75, 3.05) is 6.61 Å². The fraction of sp³-hybridized carbons (Fsp3) is 0.900. The highest BCUT2D eigenvalue weighted by atomic mass is 16.5. The molecule has 1 N–H and O–H groups in total. The summed E-state index contributed by atoms with van der Waals surface area (Å²) in [6.45, 7) is 2.58. The van der Waals surface area contributed by atoms with Crippen molar-refractivity contribution in [2.45, 2.75) is 44.8 Å². The summed E-state index contributed by atoms with van der Waals surface area (Å²) < 4.78 is 5.47. The Morgan fingerprint density at radius 1 is 1.38 bits per heavy atom. The Morgan fingerprint density at radius 3 is 3.00 bits per heavy atom. The largest absolute Gasteiger partial charge is 0.368 e. The molecule has 2 fully saturated rings. The number of carbonyl (C=O) groups excluding carboxylic acids is 1. The first kappa shape index (κ1) is 9.00. The second kappa shape index (κ2) is 3.66. The van der Waals surface area contributed by atoms with E-state index in [0.717, 1.165) is 13.0 Å². The Labute approximate surface area is 78.8 Å². The van der Waals surface area contributed by atoms with E-state index >= 15 is 0 Å². The van der Waals surface area contributed by atoms with Crippen LogP contribution in [0.1, 0.15) is 32.6 Å². The summed E-state index contributed by atoms with van der Waals surface area (Å²) in [5.41, 5.74) is 0. The van der Waals surface area contributed by atoms with Crippen LogP contribution in [0.2, 0.25) is 0 Å². The van der Waals surface area contributed by atoms with Gasteiger partial charge in [-0.3, -0.25) is 4.79 Å². The molecule has 1 saturated carbocycles. The van der Waals surface area contributed by atoms with Crippen molar-refractivity contribution in [3.05, 3.63) is 0 Å². The van der Waals surface area contributed by atoms with Crippen molar-refractivity contribution in [3.8, 4) is 0 Å². The highest BCUT2D eigenvalue weighted by Gasteiger charge is 2.31. The lowest BCUT2D eigenvalue weighted by Crippen LogP contribution is -2.42. The second-order valence-electron chi connectivity index (χ2n) is 4.14. The van der Waals surface area contributed by atoms with E-state index in [0.29, 0.717) is 12.0 Å². The minimum Gasteiger partial charge on any atom is -0.368 e. The number of fused-ring (bicyclic) bond motifs is 1. The summed E-state index contributed by atoms with van der Waals surface area (Å²) in [6, 6.07) is 0.381. The smallest absolute Gasteiger partial charge is 0.249 e. The van der Waals surface area contributed by atoms with Gasteiger partial charge in [0.15, 0.2) is 0 Å². The Hall–Kier alpha value is -0.570. The van der Waals surface area contributed by atoms with Gasteiger partial charge in [-0.25, -0.2) is 0 Å². The van der Waals surface area contributed by atoms with Gasteiger partial charge in [-0.2, -0.15) is 0 Å². The van der Waals surface area contributed by atoms with Gasteiger partial charge in [0.05, 0.1) is 6.61 Å². The summed E-state index contributed by atoms with van der Waals surface area (Å²) in [5.74, 6) is 0.622. The first-order chi connectivity index (χ1) is 6.27. The topological polar surface area (TPSA) is 38.3 Å². The third-order valence-electron chi connectivity index (χ3n) is 3.17. The predicted molar refractivity (Wildman–Crippen MR) is 49.3 cm³/mol. The minimum atomic E-state index is -0.259. The monoisotopic (exact) mass is 183 g/mol. The van der Waals surface area contributed by atoms with Crippen LogP contribution in [-0.2, 0) is 9.53 Å². The molecule has 3 nitrogen and oxygen atoms in total. The average molecular weight is 183 g/mol. The van der Waals surface area contributed by atoms with Gasteiger partial charge in [0.25, 0.3) is 0 Å². The number of nitrogens with one attached hydrogen (secondary N) is 1. The summed E-state index contributed by atoms with van der Waals surface area (Å²) in [5, 5.41) is 3.07. The lowest BCUT2D eigenvalue weighted by atomic mass is 9.85. The van der Waals surface area contributed by atoms with Crippen molar-refractivity contribution in [3.63, 3.8) is 0 Å². The Morgan fingerprint density at radius 2 is 2.15 bits per heavy atom. The quantitative estimate of drug-likeness (QED) is 0.610. The van der Waals surface area contributed by atoms with Crippen molar-refractivity contribution < 1.29 is 9.53 Å². The third-order valence-corrected chi connectivity index (χ3v) is 3.17. The molecule has 0 aromatic heterocycles. The van der Waals surface area contributed by atoms with Crippen molar-refractivity contribution >= 4 is 5.91 Å². The Balaban J connectivity index is 2.04. The van der Waals surface area contributed by atoms with Crippen LogP contribution in [0, 0.1) is 5.92 Å². The van der Waals surface area contributed by atoms with E-state index in [2.05, 4.69) is 5.32 Å². The van der Waals surface area contributed by atoms with E-state index in [1.807, 2.05) is 6.92 Å². The van der Waals surface area contributed by atoms with Gasteiger partial charge in [-0.1, -0.05) is 12.8 Å². The molecule has 0 radical (unpaired) electrons. The highest BCUT2D eigenvalue weighted by Crippen LogP contribution is 2.26. The molecule has 1 saturated heterocycles. The zero-order chi connectivity index (χ0) is 9.26. The van der Waals surface area contributed by atoms with Crippen LogP contribution in [0.25, 0.3) is 0 Å². The van der Waals surface area contributed by atoms with Crippen molar-refractivity contribution in [1.29, 1.82) is 0 Å². The lowest BCUT2D eigenvalue weighted by Gasteiger charge is -2.29. The van der Waals surface area contributed by atoms with Crippen LogP contribution in [0.5, 0.6) is 0 Å². The number of ether oxygens (including phenoxy) is 1. The summed E-state index contributed by atoms with van der Waals surface area (Å²) >= 11 is 0. The number of amides is 1. The maximum Gasteiger partial charge on any atom is 0.249 e. The van der Waals surface area contributed by atoms with Gasteiger partial charge >= 0.3 is 0 Å². The number of hydrogen-bond acceptors (Lipinski definition) is 2. The number of hydrogen-bond donors (Lipinski definition) is 1. The molecule has 74 valence electrons. The van der Waals surface area contributed by atoms with Gasteiger partial charge in [0.1, 0.15) is 6.10 Å². The first-order valence-corrected chi connectivity index (χ1v) is 5.19. The molecule has 3 atom stereocenters. The fourth-order valence-electron chi connectivity index (χ4n) is 2.24. The molecule has 13 heavy (non-hydrogen) atoms. The molecule has 0 spiro atoms. The van der Waals surface area contributed by atoms with Crippen LogP contribution in [0.4, 0.5) is 0 Å². The van der Waals surface area contributed by atoms with Gasteiger partial charge in [0, 0.05) is 12.0 Å². The third kappa shape index (κ3) is 1.85. The number of rotatable bonds is 0. The molecule has 1 aliphatic heterocycles. The van der Waals surface area contributed by atoms with Crippen LogP contribution < -0.4 is 5.32 Å². The standard InChI is InChI=1S/C10H17NO2/c1-7-10(12)11-9-5-3-2-4-8(9)6-13-7/h7-9H,2-6H2,1H3,(H,11,12)/t7-,8+,9-/m0/s1. The maximum absolute atomic E-state index is 11.4. The Kier molecular flexibility index (Phi) is 2.54. The van der Waals surface area contributed by atoms with Gasteiger partial charge in [0.2, 0.25) is 5.91 Å². The highest BCUT2D eigenvalue weighted by molar-refractivity contribution is 5.80. The van der Waals surface area contributed by atoms with Crippen LogP contribution in [-0.4, -0.2) is 24.7 Å². The SMILES string of the molecule is C[C@@H]1OC[C@H]2CCCC[C@@H]2NC1=O. The van der Waals surface area contributed by atoms with E-state index in [9.17, 15) is 4.79 Å². The molecule has 1 amide bonds. The normalized spacial score (nSPS) is 40.4. The van der Waals surface area contributed by atoms with Gasteiger partial charge in [-0.05, 0) is 19.8 Å². The molecular formula is C10H17NO2. The number of carbonyl (C=O) groups is 1. The van der Waals surface area contributed by atoms with Crippen molar-refractivity contribution in [1.82, 2.24) is 5.32 Å². The van der Waals surface area contributed by atoms with Gasteiger partial charge in [-0.15, -0.1) is 0 Å². The summed E-state index contributed by atoms with van der Waals surface area (Å²) in [4.78, 5) is 11.4. The molecule has 0 aromatic rings. The van der Waals surface area contributed by atoms with Crippen LogP contribution >= 0.6 is 0 Å². The molecule has 0 unspecified atom stereocenters. The summed E-state index contributed by atoms with van der Waals surface area (Å²) in [6.07, 6.45) is 4.61. The van der Waals surface area contributed by atoms with E-state index in [1.54, 1.807) is 0 Å². The molecular weight excluding hydrogens is 166 g/mol. The molecule has 2 rings (SSSR count). The molecule has 1 aliphatic carbocycles. The Bertz CT molecular complexity index is 205. The predicted octanol–water partition coefficient (Wildman–Crippen LogP) is 1.08. The van der Waals surface area contributed by atoms with E-state index < -0.39 is 0 Å². The molecule has 0 aromatic carbocycles. The second-order valence-corrected chi connectivity index (χ2v) is 4.14. The lowest BCUT2D eigenvalue weighted by molar-refractivity contribution is -0.130. The van der Waals surface area contributed by atoms with E-state index in [4.69, 9.17) is 4.74 Å². The molecule has 3 heteroatoms. The molecule has 1 heterocycles.